The fourth-order valence-corrected chi connectivity index (χ4v) is 3.16. The van der Waals surface area contributed by atoms with E-state index >= 15 is 0 Å². The number of aromatic nitrogens is 2. The Morgan fingerprint density at radius 3 is 2.68 bits per heavy atom. The molecule has 1 aromatic heterocycles. The number of benzene rings is 1. The highest BCUT2D eigenvalue weighted by Crippen LogP contribution is 2.43. The lowest BCUT2D eigenvalue weighted by atomic mass is 9.64. The molecule has 1 heterocycles. The van der Waals surface area contributed by atoms with Gasteiger partial charge in [-0.1, -0.05) is 43.7 Å². The number of carbonyl (C=O) groups excluding carboxylic acids is 1. The molecule has 0 spiro atoms. The summed E-state index contributed by atoms with van der Waals surface area (Å²) in [7, 11) is 0. The first kappa shape index (κ1) is 14.8. The van der Waals surface area contributed by atoms with Crippen LogP contribution < -0.4 is 5.32 Å². The Labute approximate surface area is 131 Å². The summed E-state index contributed by atoms with van der Waals surface area (Å²) in [6.07, 6.45) is 6.78. The molecule has 2 aromatic rings. The van der Waals surface area contributed by atoms with Crippen molar-refractivity contribution in [1.82, 2.24) is 15.1 Å². The maximum atomic E-state index is 12.7. The van der Waals surface area contributed by atoms with Crippen LogP contribution in [-0.2, 0) is 16.8 Å². The number of nitrogens with one attached hydrogen (secondary N) is 1. The van der Waals surface area contributed by atoms with E-state index in [1.807, 2.05) is 35.1 Å². The molecule has 0 radical (unpaired) electrons. The second kappa shape index (κ2) is 6.34. The van der Waals surface area contributed by atoms with Gasteiger partial charge in [0.25, 0.3) is 0 Å². The smallest absolute Gasteiger partial charge is 0.230 e. The molecule has 3 rings (SSSR count). The van der Waals surface area contributed by atoms with Crippen molar-refractivity contribution in [1.29, 1.82) is 0 Å². The molecule has 0 aliphatic heterocycles. The van der Waals surface area contributed by atoms with E-state index in [0.29, 0.717) is 12.5 Å². The van der Waals surface area contributed by atoms with Crippen molar-refractivity contribution in [2.24, 2.45) is 5.92 Å². The van der Waals surface area contributed by atoms with E-state index < -0.39 is 0 Å². The topological polar surface area (TPSA) is 46.9 Å². The molecule has 1 aliphatic rings. The van der Waals surface area contributed by atoms with Gasteiger partial charge in [0.2, 0.25) is 5.91 Å². The summed E-state index contributed by atoms with van der Waals surface area (Å²) in [5.41, 5.74) is 0.852. The molecule has 1 aromatic carbocycles. The van der Waals surface area contributed by atoms with Crippen LogP contribution in [0, 0.1) is 5.92 Å². The highest BCUT2D eigenvalue weighted by molar-refractivity contribution is 5.89. The number of hydrogen-bond donors (Lipinski definition) is 1. The van der Waals surface area contributed by atoms with Crippen LogP contribution in [0.25, 0.3) is 0 Å². The highest BCUT2D eigenvalue weighted by atomic mass is 16.2. The lowest BCUT2D eigenvalue weighted by Crippen LogP contribution is -2.50. The van der Waals surface area contributed by atoms with Gasteiger partial charge in [-0.25, -0.2) is 0 Å². The van der Waals surface area contributed by atoms with Gasteiger partial charge < -0.3 is 5.32 Å². The van der Waals surface area contributed by atoms with Gasteiger partial charge in [0, 0.05) is 25.5 Å². The number of amides is 1. The standard InChI is InChI=1S/C18H23N3O/c1-15(14-21-12-6-11-20-21)13-19-17(22)18(9-5-10-18)16-7-3-2-4-8-16/h2-4,6-8,11-12,15H,5,9-10,13-14H2,1H3,(H,19,22). The highest BCUT2D eigenvalue weighted by Gasteiger charge is 2.45. The first-order valence-corrected chi connectivity index (χ1v) is 8.02. The largest absolute Gasteiger partial charge is 0.355 e. The number of nitrogens with zero attached hydrogens (tertiary/aromatic N) is 2. The van der Waals surface area contributed by atoms with Gasteiger partial charge in [0.05, 0.1) is 5.41 Å². The maximum absolute atomic E-state index is 12.7. The van der Waals surface area contributed by atoms with Gasteiger partial charge in [-0.05, 0) is 30.4 Å². The van der Waals surface area contributed by atoms with E-state index in [1.54, 1.807) is 6.20 Å². The summed E-state index contributed by atoms with van der Waals surface area (Å²) < 4.78 is 1.91. The van der Waals surface area contributed by atoms with Crippen molar-refractivity contribution < 1.29 is 4.79 Å². The van der Waals surface area contributed by atoms with E-state index in [9.17, 15) is 4.79 Å². The van der Waals surface area contributed by atoms with Crippen molar-refractivity contribution in [2.75, 3.05) is 6.54 Å². The van der Waals surface area contributed by atoms with Crippen LogP contribution >= 0.6 is 0 Å². The van der Waals surface area contributed by atoms with Crippen LogP contribution in [-0.4, -0.2) is 22.2 Å². The Morgan fingerprint density at radius 2 is 2.09 bits per heavy atom. The molecule has 22 heavy (non-hydrogen) atoms. The average molecular weight is 297 g/mol. The number of hydrogen-bond acceptors (Lipinski definition) is 2. The van der Waals surface area contributed by atoms with E-state index in [1.165, 1.54) is 0 Å². The molecule has 4 nitrogen and oxygen atoms in total. The minimum absolute atomic E-state index is 0.178. The summed E-state index contributed by atoms with van der Waals surface area (Å²) in [6, 6.07) is 12.1. The molecule has 0 bridgehead atoms. The van der Waals surface area contributed by atoms with Gasteiger partial charge in [0.15, 0.2) is 0 Å². The molecule has 1 unspecified atom stereocenters. The summed E-state index contributed by atoms with van der Waals surface area (Å²) >= 11 is 0. The summed E-state index contributed by atoms with van der Waals surface area (Å²) in [5.74, 6) is 0.536. The summed E-state index contributed by atoms with van der Waals surface area (Å²) in [4.78, 5) is 12.7. The van der Waals surface area contributed by atoms with Crippen LogP contribution in [0.2, 0.25) is 0 Å². The average Bonchev–Trinajstić information content (AvgIpc) is 2.98. The zero-order valence-electron chi connectivity index (χ0n) is 13.0. The Hall–Kier alpha value is -2.10. The van der Waals surface area contributed by atoms with Crippen molar-refractivity contribution in [3.63, 3.8) is 0 Å². The molecular formula is C18H23N3O. The van der Waals surface area contributed by atoms with Crippen molar-refractivity contribution in [3.8, 4) is 0 Å². The Bertz CT molecular complexity index is 603. The summed E-state index contributed by atoms with van der Waals surface area (Å²) in [5, 5.41) is 7.37. The minimum atomic E-state index is -0.299. The third kappa shape index (κ3) is 2.91. The first-order chi connectivity index (χ1) is 10.7. The molecular weight excluding hydrogens is 274 g/mol. The second-order valence-electron chi connectivity index (χ2n) is 6.34. The fraction of sp³-hybridized carbons (Fsp3) is 0.444. The number of rotatable bonds is 6. The summed E-state index contributed by atoms with van der Waals surface area (Å²) in [6.45, 7) is 3.65. The van der Waals surface area contributed by atoms with Gasteiger partial charge in [-0.2, -0.15) is 5.10 Å². The van der Waals surface area contributed by atoms with Crippen molar-refractivity contribution in [2.45, 2.75) is 38.1 Å². The minimum Gasteiger partial charge on any atom is -0.355 e. The Balaban J connectivity index is 1.59. The zero-order chi connectivity index (χ0) is 15.4. The van der Waals surface area contributed by atoms with Gasteiger partial charge in [0.1, 0.15) is 0 Å². The normalized spacial score (nSPS) is 17.5. The van der Waals surface area contributed by atoms with Gasteiger partial charge in [-0.15, -0.1) is 0 Å². The Kier molecular flexibility index (Phi) is 4.27. The van der Waals surface area contributed by atoms with E-state index in [0.717, 1.165) is 31.4 Å². The van der Waals surface area contributed by atoms with Crippen LogP contribution in [0.15, 0.2) is 48.8 Å². The number of carbonyl (C=O) groups is 1. The molecule has 1 N–H and O–H groups in total. The SMILES string of the molecule is CC(CNC(=O)C1(c2ccccc2)CCC1)Cn1cccn1. The molecule has 1 amide bonds. The monoisotopic (exact) mass is 297 g/mol. The van der Waals surface area contributed by atoms with Crippen LogP contribution in [0.1, 0.15) is 31.7 Å². The second-order valence-corrected chi connectivity index (χ2v) is 6.34. The molecule has 1 atom stereocenters. The van der Waals surface area contributed by atoms with Crippen LogP contribution in [0.5, 0.6) is 0 Å². The predicted molar refractivity (Wildman–Crippen MR) is 86.4 cm³/mol. The lowest BCUT2D eigenvalue weighted by Gasteiger charge is -2.41. The van der Waals surface area contributed by atoms with E-state index in [-0.39, 0.29) is 11.3 Å². The third-order valence-corrected chi connectivity index (χ3v) is 4.64. The van der Waals surface area contributed by atoms with Crippen molar-refractivity contribution >= 4 is 5.91 Å². The molecule has 4 heteroatoms. The van der Waals surface area contributed by atoms with Crippen LogP contribution in [0.3, 0.4) is 0 Å². The zero-order valence-corrected chi connectivity index (χ0v) is 13.0. The predicted octanol–water partition coefficient (Wildman–Crippen LogP) is 2.76. The third-order valence-electron chi connectivity index (χ3n) is 4.64. The van der Waals surface area contributed by atoms with E-state index in [2.05, 4.69) is 29.5 Å². The molecule has 1 saturated carbocycles. The lowest BCUT2D eigenvalue weighted by molar-refractivity contribution is -0.130. The van der Waals surface area contributed by atoms with Crippen LogP contribution in [0.4, 0.5) is 0 Å². The van der Waals surface area contributed by atoms with Crippen molar-refractivity contribution in [3.05, 3.63) is 54.4 Å². The quantitative estimate of drug-likeness (QED) is 0.891. The molecule has 116 valence electrons. The Morgan fingerprint density at radius 1 is 1.32 bits per heavy atom. The molecule has 1 fully saturated rings. The van der Waals surface area contributed by atoms with Gasteiger partial charge in [-0.3, -0.25) is 9.48 Å². The fourth-order valence-electron chi connectivity index (χ4n) is 3.16. The van der Waals surface area contributed by atoms with Gasteiger partial charge >= 0.3 is 0 Å². The maximum Gasteiger partial charge on any atom is 0.230 e. The first-order valence-electron chi connectivity index (χ1n) is 8.02. The van der Waals surface area contributed by atoms with E-state index in [4.69, 9.17) is 0 Å². The molecule has 1 aliphatic carbocycles. The molecule has 0 saturated heterocycles.